The highest BCUT2D eigenvalue weighted by molar-refractivity contribution is 6.31. The number of aryl methyl sites for hydroxylation is 2. The molecule has 0 spiro atoms. The van der Waals surface area contributed by atoms with Gasteiger partial charge in [0, 0.05) is 17.4 Å². The first-order valence-corrected chi connectivity index (χ1v) is 5.74. The average Bonchev–Trinajstić information content (AvgIpc) is 2.25. The summed E-state index contributed by atoms with van der Waals surface area (Å²) in [6.45, 7) is 3.83. The van der Waals surface area contributed by atoms with Gasteiger partial charge in [0.1, 0.15) is 5.75 Å². The molecule has 0 aliphatic carbocycles. The summed E-state index contributed by atoms with van der Waals surface area (Å²) in [4.78, 5) is 7.93. The maximum Gasteiger partial charge on any atom is 0.257 e. The first-order chi connectivity index (χ1) is 8.08. The Labute approximate surface area is 109 Å². The number of benzene rings is 1. The predicted octanol–water partition coefficient (Wildman–Crippen LogP) is 4.19. The van der Waals surface area contributed by atoms with Crippen LogP contribution in [0.4, 0.5) is 0 Å². The van der Waals surface area contributed by atoms with E-state index in [4.69, 9.17) is 27.9 Å². The minimum atomic E-state index is 0.237. The monoisotopic (exact) mass is 268 g/mol. The van der Waals surface area contributed by atoms with Crippen LogP contribution in [0.5, 0.6) is 11.6 Å². The van der Waals surface area contributed by atoms with Crippen LogP contribution in [0.15, 0.2) is 24.5 Å². The predicted molar refractivity (Wildman–Crippen MR) is 68.0 cm³/mol. The maximum atomic E-state index is 5.95. The molecule has 88 valence electrons. The van der Waals surface area contributed by atoms with Crippen LogP contribution in [-0.4, -0.2) is 9.97 Å². The van der Waals surface area contributed by atoms with Gasteiger partial charge in [-0.2, -0.15) is 0 Å². The van der Waals surface area contributed by atoms with Crippen molar-refractivity contribution in [2.24, 2.45) is 0 Å². The Bertz CT molecular complexity index is 535. The fraction of sp³-hybridized carbons (Fsp3) is 0.167. The summed E-state index contributed by atoms with van der Waals surface area (Å²) in [7, 11) is 0. The second-order valence-corrected chi connectivity index (χ2v) is 4.42. The van der Waals surface area contributed by atoms with Gasteiger partial charge in [0.2, 0.25) is 0 Å². The van der Waals surface area contributed by atoms with Crippen LogP contribution < -0.4 is 4.74 Å². The van der Waals surface area contributed by atoms with E-state index in [1.54, 1.807) is 0 Å². The zero-order chi connectivity index (χ0) is 12.4. The lowest BCUT2D eigenvalue weighted by molar-refractivity contribution is 0.453. The van der Waals surface area contributed by atoms with Crippen LogP contribution >= 0.6 is 23.2 Å². The molecule has 1 aromatic carbocycles. The quantitative estimate of drug-likeness (QED) is 0.819. The normalized spacial score (nSPS) is 10.4. The summed E-state index contributed by atoms with van der Waals surface area (Å²) in [5.41, 5.74) is 1.86. The number of ether oxygens (including phenoxy) is 1. The third-order valence-corrected chi connectivity index (χ3v) is 2.72. The molecule has 1 heterocycles. The Morgan fingerprint density at radius 1 is 1.00 bits per heavy atom. The fourth-order valence-electron chi connectivity index (χ4n) is 1.53. The average molecular weight is 269 g/mol. The van der Waals surface area contributed by atoms with Gasteiger partial charge in [0.05, 0.1) is 0 Å². The number of halogens is 2. The number of rotatable bonds is 2. The van der Waals surface area contributed by atoms with Gasteiger partial charge in [-0.15, -0.1) is 0 Å². The zero-order valence-corrected chi connectivity index (χ0v) is 10.9. The van der Waals surface area contributed by atoms with E-state index in [9.17, 15) is 0 Å². The van der Waals surface area contributed by atoms with Crippen molar-refractivity contribution in [2.75, 3.05) is 0 Å². The Morgan fingerprint density at radius 3 is 2.18 bits per heavy atom. The zero-order valence-electron chi connectivity index (χ0n) is 9.37. The highest BCUT2D eigenvalue weighted by Gasteiger charge is 2.10. The lowest BCUT2D eigenvalue weighted by Gasteiger charge is -2.11. The molecule has 0 bridgehead atoms. The molecule has 0 amide bonds. The summed E-state index contributed by atoms with van der Waals surface area (Å²) in [5, 5.41) is 0.916. The number of hydrogen-bond donors (Lipinski definition) is 0. The van der Waals surface area contributed by atoms with Crippen LogP contribution in [0.1, 0.15) is 11.1 Å². The molecule has 0 saturated heterocycles. The van der Waals surface area contributed by atoms with Gasteiger partial charge >= 0.3 is 0 Å². The molecule has 0 radical (unpaired) electrons. The van der Waals surface area contributed by atoms with Gasteiger partial charge in [-0.1, -0.05) is 23.2 Å². The van der Waals surface area contributed by atoms with Crippen LogP contribution in [0, 0.1) is 13.8 Å². The molecule has 0 unspecified atom stereocenters. The smallest absolute Gasteiger partial charge is 0.257 e. The van der Waals surface area contributed by atoms with Crippen molar-refractivity contribution in [3.05, 3.63) is 45.8 Å². The van der Waals surface area contributed by atoms with Crippen LogP contribution in [0.3, 0.4) is 0 Å². The minimum absolute atomic E-state index is 0.237. The Balaban J connectivity index is 2.40. The molecule has 1 aromatic heterocycles. The highest BCUT2D eigenvalue weighted by atomic mass is 35.5. The van der Waals surface area contributed by atoms with E-state index in [1.807, 2.05) is 26.0 Å². The van der Waals surface area contributed by atoms with Gasteiger partial charge < -0.3 is 4.74 Å². The second-order valence-electron chi connectivity index (χ2n) is 3.62. The summed E-state index contributed by atoms with van der Waals surface area (Å²) < 4.78 is 5.66. The van der Waals surface area contributed by atoms with E-state index in [0.717, 1.165) is 11.1 Å². The summed E-state index contributed by atoms with van der Waals surface area (Å²) in [5.74, 6) is 1.000. The van der Waals surface area contributed by atoms with E-state index in [1.165, 1.54) is 12.4 Å². The lowest BCUT2D eigenvalue weighted by Crippen LogP contribution is -1.94. The molecule has 0 atom stereocenters. The lowest BCUT2D eigenvalue weighted by atomic mass is 10.1. The van der Waals surface area contributed by atoms with E-state index < -0.39 is 0 Å². The van der Waals surface area contributed by atoms with Gasteiger partial charge in [0.15, 0.2) is 5.15 Å². The molecule has 0 aliphatic heterocycles. The summed E-state index contributed by atoms with van der Waals surface area (Å²) in [6.07, 6.45) is 3.04. The molecule has 0 saturated carbocycles. The van der Waals surface area contributed by atoms with E-state index in [0.29, 0.717) is 16.7 Å². The summed E-state index contributed by atoms with van der Waals surface area (Å²) in [6, 6.07) is 3.66. The van der Waals surface area contributed by atoms with Crippen molar-refractivity contribution in [3.8, 4) is 11.6 Å². The van der Waals surface area contributed by atoms with Crippen LogP contribution in [0.25, 0.3) is 0 Å². The first-order valence-electron chi connectivity index (χ1n) is 4.99. The molecular formula is C12H10Cl2N2O. The molecule has 2 aromatic rings. The van der Waals surface area contributed by atoms with Crippen LogP contribution in [0.2, 0.25) is 10.2 Å². The topological polar surface area (TPSA) is 35.0 Å². The fourth-order valence-corrected chi connectivity index (χ4v) is 2.00. The van der Waals surface area contributed by atoms with E-state index in [2.05, 4.69) is 9.97 Å². The first kappa shape index (κ1) is 12.1. The standard InChI is InChI=1S/C12H10Cl2N2O/c1-7-5-9(13)6-8(2)10(7)17-12-11(14)15-3-4-16-12/h3-6H,1-2H3. The molecule has 0 aliphatic rings. The Hall–Kier alpha value is -1.32. The molecule has 0 fully saturated rings. The number of nitrogens with zero attached hydrogens (tertiary/aromatic N) is 2. The molecular weight excluding hydrogens is 259 g/mol. The molecule has 0 N–H and O–H groups in total. The molecule has 2 rings (SSSR count). The largest absolute Gasteiger partial charge is 0.436 e. The minimum Gasteiger partial charge on any atom is -0.436 e. The third-order valence-electron chi connectivity index (χ3n) is 2.25. The van der Waals surface area contributed by atoms with Gasteiger partial charge in [-0.25, -0.2) is 9.97 Å². The van der Waals surface area contributed by atoms with Crippen molar-refractivity contribution in [1.82, 2.24) is 9.97 Å². The second kappa shape index (κ2) is 4.90. The van der Waals surface area contributed by atoms with Crippen LogP contribution in [-0.2, 0) is 0 Å². The number of aromatic nitrogens is 2. The van der Waals surface area contributed by atoms with Crippen molar-refractivity contribution in [2.45, 2.75) is 13.8 Å². The van der Waals surface area contributed by atoms with Gasteiger partial charge in [-0.05, 0) is 37.1 Å². The number of hydrogen-bond acceptors (Lipinski definition) is 3. The van der Waals surface area contributed by atoms with E-state index in [-0.39, 0.29) is 5.15 Å². The maximum absolute atomic E-state index is 5.95. The molecule has 3 nitrogen and oxygen atoms in total. The van der Waals surface area contributed by atoms with Crippen molar-refractivity contribution in [1.29, 1.82) is 0 Å². The molecule has 17 heavy (non-hydrogen) atoms. The van der Waals surface area contributed by atoms with Gasteiger partial charge in [-0.3, -0.25) is 0 Å². The van der Waals surface area contributed by atoms with Crippen molar-refractivity contribution >= 4 is 23.2 Å². The highest BCUT2D eigenvalue weighted by Crippen LogP contribution is 2.32. The molecule has 5 heteroatoms. The van der Waals surface area contributed by atoms with Crippen molar-refractivity contribution in [3.63, 3.8) is 0 Å². The Kier molecular flexibility index (Phi) is 3.50. The van der Waals surface area contributed by atoms with Crippen molar-refractivity contribution < 1.29 is 4.74 Å². The SMILES string of the molecule is Cc1cc(Cl)cc(C)c1Oc1nccnc1Cl. The van der Waals surface area contributed by atoms with Gasteiger partial charge in [0.25, 0.3) is 5.88 Å². The van der Waals surface area contributed by atoms with E-state index >= 15 is 0 Å². The summed E-state index contributed by atoms with van der Waals surface area (Å²) >= 11 is 11.8. The Morgan fingerprint density at radius 2 is 1.59 bits per heavy atom. The third kappa shape index (κ3) is 2.68.